The fourth-order valence-electron chi connectivity index (χ4n) is 1.95. The van der Waals surface area contributed by atoms with E-state index in [0.717, 1.165) is 24.2 Å². The summed E-state index contributed by atoms with van der Waals surface area (Å²) in [5.41, 5.74) is 2.85. The van der Waals surface area contributed by atoms with Crippen LogP contribution in [0, 0.1) is 0 Å². The van der Waals surface area contributed by atoms with Crippen molar-refractivity contribution in [3.8, 4) is 0 Å². The first-order chi connectivity index (χ1) is 9.00. The van der Waals surface area contributed by atoms with Gasteiger partial charge in [-0.05, 0) is 24.1 Å². The molecule has 1 saturated heterocycles. The van der Waals surface area contributed by atoms with Gasteiger partial charge in [0.25, 0.3) is 0 Å². The quantitative estimate of drug-likeness (QED) is 0.870. The van der Waals surface area contributed by atoms with Gasteiger partial charge in [0.1, 0.15) is 0 Å². The Hall–Kier alpha value is -1.03. The molecule has 3 nitrogen and oxygen atoms in total. The summed E-state index contributed by atoms with van der Waals surface area (Å²) < 4.78 is 0. The van der Waals surface area contributed by atoms with Crippen molar-refractivity contribution in [1.82, 2.24) is 10.2 Å². The van der Waals surface area contributed by atoms with Gasteiger partial charge >= 0.3 is 0 Å². The number of carbonyl (C=O) groups excluding carboxylic acids is 1. The van der Waals surface area contributed by atoms with Gasteiger partial charge in [0.2, 0.25) is 5.91 Å². The van der Waals surface area contributed by atoms with Crippen molar-refractivity contribution in [1.29, 1.82) is 0 Å². The lowest BCUT2D eigenvalue weighted by Crippen LogP contribution is -2.38. The molecule has 1 aliphatic heterocycles. The van der Waals surface area contributed by atoms with Crippen LogP contribution in [0.3, 0.4) is 0 Å². The van der Waals surface area contributed by atoms with Crippen LogP contribution >= 0.6 is 23.2 Å². The number of nitrogens with one attached hydrogen (secondary N) is 1. The topological polar surface area (TPSA) is 32.3 Å². The van der Waals surface area contributed by atoms with Gasteiger partial charge in [-0.15, -0.1) is 0 Å². The van der Waals surface area contributed by atoms with E-state index in [1.807, 2.05) is 19.1 Å². The van der Waals surface area contributed by atoms with Crippen molar-refractivity contribution in [3.05, 3.63) is 45.0 Å². The lowest BCUT2D eigenvalue weighted by Gasteiger charge is -2.25. The summed E-state index contributed by atoms with van der Waals surface area (Å²) in [5, 5.41) is 4.16. The third kappa shape index (κ3) is 3.11. The molecule has 1 aromatic rings. The third-order valence-corrected chi connectivity index (χ3v) is 4.17. The van der Waals surface area contributed by atoms with Crippen LogP contribution in [0.1, 0.15) is 12.5 Å². The molecule has 5 heteroatoms. The van der Waals surface area contributed by atoms with Crippen LogP contribution in [0.15, 0.2) is 29.3 Å². The summed E-state index contributed by atoms with van der Waals surface area (Å²) in [6.45, 7) is 3.94. The molecule has 0 bridgehead atoms. The Morgan fingerprint density at radius 1 is 1.37 bits per heavy atom. The van der Waals surface area contributed by atoms with Crippen molar-refractivity contribution in [2.24, 2.45) is 0 Å². The smallest absolute Gasteiger partial charge is 0.249 e. The second-order valence-electron chi connectivity index (χ2n) is 4.71. The van der Waals surface area contributed by atoms with E-state index < -0.39 is 0 Å². The summed E-state index contributed by atoms with van der Waals surface area (Å²) in [4.78, 5) is 13.9. The van der Waals surface area contributed by atoms with Crippen molar-refractivity contribution in [3.63, 3.8) is 0 Å². The molecule has 1 aliphatic rings. The highest BCUT2D eigenvalue weighted by Crippen LogP contribution is 2.26. The van der Waals surface area contributed by atoms with Gasteiger partial charge in [-0.25, -0.2) is 0 Å². The molecule has 0 saturated carbocycles. The lowest BCUT2D eigenvalue weighted by atomic mass is 10.0. The Balaban J connectivity index is 2.10. The highest BCUT2D eigenvalue weighted by Gasteiger charge is 2.19. The Bertz CT molecular complexity index is 534. The second-order valence-corrected chi connectivity index (χ2v) is 5.49. The van der Waals surface area contributed by atoms with Crippen LogP contribution in [0.4, 0.5) is 0 Å². The Kier molecular flexibility index (Phi) is 4.50. The predicted molar refractivity (Wildman–Crippen MR) is 78.5 cm³/mol. The minimum Gasteiger partial charge on any atom is -0.338 e. The van der Waals surface area contributed by atoms with E-state index in [1.165, 1.54) is 5.57 Å². The van der Waals surface area contributed by atoms with E-state index in [0.29, 0.717) is 16.6 Å². The molecule has 0 atom stereocenters. The number of nitrogens with zero attached hydrogens (tertiary/aromatic N) is 1. The zero-order valence-electron chi connectivity index (χ0n) is 11.0. The summed E-state index contributed by atoms with van der Waals surface area (Å²) >= 11 is 12.1. The highest BCUT2D eigenvalue weighted by molar-refractivity contribution is 6.42. The van der Waals surface area contributed by atoms with Crippen LogP contribution < -0.4 is 5.32 Å². The molecule has 1 amide bonds. The van der Waals surface area contributed by atoms with Gasteiger partial charge in [-0.2, -0.15) is 0 Å². The van der Waals surface area contributed by atoms with E-state index >= 15 is 0 Å². The first kappa shape index (κ1) is 14.4. The zero-order chi connectivity index (χ0) is 14.0. The van der Waals surface area contributed by atoms with Crippen LogP contribution in [0.2, 0.25) is 10.0 Å². The molecule has 19 heavy (non-hydrogen) atoms. The summed E-state index contributed by atoms with van der Waals surface area (Å²) in [6.07, 6.45) is 0. The molecular formula is C14H16Cl2N2O. The maximum Gasteiger partial charge on any atom is 0.249 e. The first-order valence-corrected chi connectivity index (χ1v) is 6.84. The summed E-state index contributed by atoms with van der Waals surface area (Å²) in [6, 6.07) is 5.46. The molecule has 2 rings (SSSR count). The number of hydrogen-bond acceptors (Lipinski definition) is 2. The van der Waals surface area contributed by atoms with E-state index in [9.17, 15) is 4.79 Å². The SMILES string of the molecule is CC(C(=O)N(C)Cc1cccc(Cl)c1Cl)=C1CNC1. The van der Waals surface area contributed by atoms with E-state index in [2.05, 4.69) is 5.32 Å². The minimum atomic E-state index is 0.0348. The molecule has 102 valence electrons. The monoisotopic (exact) mass is 298 g/mol. The van der Waals surface area contributed by atoms with E-state index in [1.54, 1.807) is 18.0 Å². The van der Waals surface area contributed by atoms with Crippen LogP contribution in [0.25, 0.3) is 0 Å². The normalized spacial score (nSPS) is 14.0. The fourth-order valence-corrected chi connectivity index (χ4v) is 2.33. The molecule has 0 radical (unpaired) electrons. The molecule has 0 aliphatic carbocycles. The van der Waals surface area contributed by atoms with Gasteiger partial charge in [-0.1, -0.05) is 35.3 Å². The molecule has 0 aromatic heterocycles. The minimum absolute atomic E-state index is 0.0348. The number of halogens is 2. The van der Waals surface area contributed by atoms with Crippen LogP contribution in [0.5, 0.6) is 0 Å². The third-order valence-electron chi connectivity index (χ3n) is 3.31. The number of benzene rings is 1. The Labute approximate surface area is 123 Å². The average Bonchev–Trinajstić information content (AvgIpc) is 2.31. The fraction of sp³-hybridized carbons (Fsp3) is 0.357. The van der Waals surface area contributed by atoms with Gasteiger partial charge < -0.3 is 10.2 Å². The first-order valence-electron chi connectivity index (χ1n) is 6.08. The van der Waals surface area contributed by atoms with Crippen molar-refractivity contribution < 1.29 is 4.79 Å². The number of amides is 1. The molecule has 1 aromatic carbocycles. The summed E-state index contributed by atoms with van der Waals surface area (Å²) in [7, 11) is 1.77. The molecule has 0 unspecified atom stereocenters. The van der Waals surface area contributed by atoms with Crippen molar-refractivity contribution >= 4 is 29.1 Å². The highest BCUT2D eigenvalue weighted by atomic mass is 35.5. The number of carbonyl (C=O) groups is 1. The van der Waals surface area contributed by atoms with Crippen LogP contribution in [-0.2, 0) is 11.3 Å². The predicted octanol–water partition coefficient (Wildman–Crippen LogP) is 2.87. The molecule has 1 heterocycles. The van der Waals surface area contributed by atoms with Gasteiger partial charge in [0.05, 0.1) is 10.0 Å². The molecule has 1 N–H and O–H groups in total. The largest absolute Gasteiger partial charge is 0.338 e. The van der Waals surface area contributed by atoms with Crippen LogP contribution in [-0.4, -0.2) is 30.9 Å². The van der Waals surface area contributed by atoms with Crippen molar-refractivity contribution in [2.45, 2.75) is 13.5 Å². The lowest BCUT2D eigenvalue weighted by molar-refractivity contribution is -0.126. The molecule has 0 spiro atoms. The Morgan fingerprint density at radius 2 is 2.05 bits per heavy atom. The van der Waals surface area contributed by atoms with E-state index in [4.69, 9.17) is 23.2 Å². The van der Waals surface area contributed by atoms with Gasteiger partial charge in [0, 0.05) is 32.3 Å². The second kappa shape index (κ2) is 5.95. The standard InChI is InChI=1S/C14H16Cl2N2O/c1-9(11-6-17-7-11)14(19)18(2)8-10-4-3-5-12(15)13(10)16/h3-5,17H,6-8H2,1-2H3. The molecule has 1 fully saturated rings. The Morgan fingerprint density at radius 3 is 2.63 bits per heavy atom. The van der Waals surface area contributed by atoms with Gasteiger partial charge in [-0.3, -0.25) is 4.79 Å². The maximum atomic E-state index is 12.2. The van der Waals surface area contributed by atoms with E-state index in [-0.39, 0.29) is 5.91 Å². The van der Waals surface area contributed by atoms with Crippen molar-refractivity contribution in [2.75, 3.05) is 20.1 Å². The maximum absolute atomic E-state index is 12.2. The zero-order valence-corrected chi connectivity index (χ0v) is 12.5. The number of likely N-dealkylation sites (N-methyl/N-ethyl adjacent to an activating group) is 1. The summed E-state index contributed by atoms with van der Waals surface area (Å²) in [5.74, 6) is 0.0348. The average molecular weight is 299 g/mol. The number of rotatable bonds is 3. The number of hydrogen-bond donors (Lipinski definition) is 1. The van der Waals surface area contributed by atoms with Gasteiger partial charge in [0.15, 0.2) is 0 Å². The molecular weight excluding hydrogens is 283 g/mol.